The molecular formula is C20H20BrN3. The van der Waals surface area contributed by atoms with Gasteiger partial charge in [0.2, 0.25) is 0 Å². The van der Waals surface area contributed by atoms with Crippen LogP contribution in [0, 0.1) is 6.92 Å². The first kappa shape index (κ1) is 15.7. The van der Waals surface area contributed by atoms with E-state index in [1.54, 1.807) is 0 Å². The molecule has 1 unspecified atom stereocenters. The van der Waals surface area contributed by atoms with E-state index < -0.39 is 0 Å². The van der Waals surface area contributed by atoms with Crippen molar-refractivity contribution in [1.29, 1.82) is 0 Å². The number of rotatable bonds is 3. The van der Waals surface area contributed by atoms with Gasteiger partial charge < -0.3 is 0 Å². The summed E-state index contributed by atoms with van der Waals surface area (Å²) in [5, 5.41) is 1.19. The SMILES string of the molecule is Cc1ccnc(C2CCN(Cc3cc(Br)cc4cccnc34)C2)c1. The third-order valence-corrected chi connectivity index (χ3v) is 5.23. The van der Waals surface area contributed by atoms with Crippen LogP contribution >= 0.6 is 15.9 Å². The molecule has 0 radical (unpaired) electrons. The molecule has 2 aromatic heterocycles. The molecule has 1 saturated heterocycles. The zero-order valence-electron chi connectivity index (χ0n) is 13.7. The molecule has 3 aromatic rings. The third-order valence-electron chi connectivity index (χ3n) is 4.77. The fraction of sp³-hybridized carbons (Fsp3) is 0.300. The van der Waals surface area contributed by atoms with Gasteiger partial charge in [-0.15, -0.1) is 0 Å². The van der Waals surface area contributed by atoms with Crippen molar-refractivity contribution in [3.05, 3.63) is 70.1 Å². The van der Waals surface area contributed by atoms with E-state index in [1.807, 2.05) is 18.5 Å². The van der Waals surface area contributed by atoms with Crippen LogP contribution in [-0.4, -0.2) is 28.0 Å². The Bertz CT molecular complexity index is 878. The van der Waals surface area contributed by atoms with Gasteiger partial charge in [0.25, 0.3) is 0 Å². The number of benzene rings is 1. The highest BCUT2D eigenvalue weighted by atomic mass is 79.9. The topological polar surface area (TPSA) is 29.0 Å². The number of likely N-dealkylation sites (tertiary alicyclic amines) is 1. The summed E-state index contributed by atoms with van der Waals surface area (Å²) in [5.41, 5.74) is 4.92. The molecule has 1 aliphatic rings. The lowest BCUT2D eigenvalue weighted by Gasteiger charge is -2.17. The van der Waals surface area contributed by atoms with Crippen molar-refractivity contribution in [2.75, 3.05) is 13.1 Å². The minimum atomic E-state index is 0.538. The Morgan fingerprint density at radius 1 is 1.17 bits per heavy atom. The predicted molar refractivity (Wildman–Crippen MR) is 101 cm³/mol. The minimum Gasteiger partial charge on any atom is -0.298 e. The van der Waals surface area contributed by atoms with Gasteiger partial charge in [-0.3, -0.25) is 14.9 Å². The van der Waals surface area contributed by atoms with Gasteiger partial charge in [-0.1, -0.05) is 22.0 Å². The Morgan fingerprint density at radius 3 is 2.96 bits per heavy atom. The smallest absolute Gasteiger partial charge is 0.0747 e. The lowest BCUT2D eigenvalue weighted by Crippen LogP contribution is -2.20. The van der Waals surface area contributed by atoms with Crippen molar-refractivity contribution in [1.82, 2.24) is 14.9 Å². The van der Waals surface area contributed by atoms with Crippen LogP contribution in [0.1, 0.15) is 29.2 Å². The summed E-state index contributed by atoms with van der Waals surface area (Å²) in [4.78, 5) is 11.7. The number of pyridine rings is 2. The van der Waals surface area contributed by atoms with Crippen LogP contribution in [0.15, 0.2) is 53.3 Å². The van der Waals surface area contributed by atoms with E-state index in [0.29, 0.717) is 5.92 Å². The van der Waals surface area contributed by atoms with Gasteiger partial charge in [0.1, 0.15) is 0 Å². The van der Waals surface area contributed by atoms with Gasteiger partial charge >= 0.3 is 0 Å². The highest BCUT2D eigenvalue weighted by Crippen LogP contribution is 2.29. The van der Waals surface area contributed by atoms with Crippen molar-refractivity contribution in [2.24, 2.45) is 0 Å². The third kappa shape index (κ3) is 3.21. The number of hydrogen-bond acceptors (Lipinski definition) is 3. The Morgan fingerprint density at radius 2 is 2.08 bits per heavy atom. The Labute approximate surface area is 150 Å². The van der Waals surface area contributed by atoms with Crippen LogP contribution < -0.4 is 0 Å². The van der Waals surface area contributed by atoms with Crippen molar-refractivity contribution < 1.29 is 0 Å². The molecule has 3 heterocycles. The van der Waals surface area contributed by atoms with Gasteiger partial charge in [-0.25, -0.2) is 0 Å². The van der Waals surface area contributed by atoms with Crippen LogP contribution in [0.3, 0.4) is 0 Å². The van der Waals surface area contributed by atoms with E-state index in [-0.39, 0.29) is 0 Å². The predicted octanol–water partition coefficient (Wildman–Crippen LogP) is 4.69. The average molecular weight is 382 g/mol. The quantitative estimate of drug-likeness (QED) is 0.658. The monoisotopic (exact) mass is 381 g/mol. The van der Waals surface area contributed by atoms with E-state index in [2.05, 4.69) is 68.1 Å². The Hall–Kier alpha value is -1.78. The summed E-state index contributed by atoms with van der Waals surface area (Å²) in [6.07, 6.45) is 4.98. The Balaban J connectivity index is 1.55. The first-order valence-electron chi connectivity index (χ1n) is 8.37. The molecule has 0 aliphatic carbocycles. The molecule has 0 N–H and O–H groups in total. The largest absolute Gasteiger partial charge is 0.298 e. The van der Waals surface area contributed by atoms with E-state index in [1.165, 1.54) is 28.6 Å². The van der Waals surface area contributed by atoms with E-state index in [4.69, 9.17) is 0 Å². The van der Waals surface area contributed by atoms with Crippen LogP contribution in [-0.2, 0) is 6.54 Å². The summed E-state index contributed by atoms with van der Waals surface area (Å²) in [6, 6.07) is 12.7. The number of aromatic nitrogens is 2. The zero-order chi connectivity index (χ0) is 16.5. The Kier molecular flexibility index (Phi) is 4.33. The average Bonchev–Trinajstić information content (AvgIpc) is 3.03. The van der Waals surface area contributed by atoms with Crippen molar-refractivity contribution in [3.63, 3.8) is 0 Å². The molecule has 0 bridgehead atoms. The lowest BCUT2D eigenvalue weighted by atomic mass is 10.0. The van der Waals surface area contributed by atoms with Crippen LogP contribution in [0.25, 0.3) is 10.9 Å². The first-order chi connectivity index (χ1) is 11.7. The first-order valence-corrected chi connectivity index (χ1v) is 9.16. The molecule has 0 amide bonds. The number of halogens is 1. The fourth-order valence-corrected chi connectivity index (χ4v) is 4.11. The zero-order valence-corrected chi connectivity index (χ0v) is 15.3. The molecule has 1 fully saturated rings. The molecule has 1 aromatic carbocycles. The highest BCUT2D eigenvalue weighted by Gasteiger charge is 2.25. The van der Waals surface area contributed by atoms with Gasteiger partial charge in [-0.05, 0) is 61.3 Å². The highest BCUT2D eigenvalue weighted by molar-refractivity contribution is 9.10. The second kappa shape index (κ2) is 6.61. The molecule has 122 valence electrons. The van der Waals surface area contributed by atoms with Crippen LogP contribution in [0.5, 0.6) is 0 Å². The van der Waals surface area contributed by atoms with Gasteiger partial charge in [0, 0.05) is 47.0 Å². The summed E-state index contributed by atoms with van der Waals surface area (Å²) >= 11 is 3.63. The molecular weight excluding hydrogens is 362 g/mol. The van der Waals surface area contributed by atoms with Crippen LogP contribution in [0.2, 0.25) is 0 Å². The number of nitrogens with zero attached hydrogens (tertiary/aromatic N) is 3. The second-order valence-corrected chi connectivity index (χ2v) is 7.53. The number of aryl methyl sites for hydroxylation is 1. The summed E-state index contributed by atoms with van der Waals surface area (Å²) in [6.45, 7) is 5.25. The lowest BCUT2D eigenvalue weighted by molar-refractivity contribution is 0.327. The second-order valence-electron chi connectivity index (χ2n) is 6.62. The van der Waals surface area contributed by atoms with Gasteiger partial charge in [0.05, 0.1) is 5.52 Å². The van der Waals surface area contributed by atoms with Crippen LogP contribution in [0.4, 0.5) is 0 Å². The van der Waals surface area contributed by atoms with Crippen molar-refractivity contribution >= 4 is 26.8 Å². The summed E-state index contributed by atoms with van der Waals surface area (Å²) in [7, 11) is 0. The molecule has 4 heteroatoms. The molecule has 1 aliphatic heterocycles. The molecule has 0 spiro atoms. The molecule has 3 nitrogen and oxygen atoms in total. The summed E-state index contributed by atoms with van der Waals surface area (Å²) in [5.74, 6) is 0.538. The standard InChI is InChI=1S/C20H20BrN3/c1-14-4-7-22-19(9-14)16-5-8-24(12-16)13-17-11-18(21)10-15-3-2-6-23-20(15)17/h2-4,6-7,9-11,16H,5,8,12-13H2,1H3. The van der Waals surface area contributed by atoms with E-state index in [9.17, 15) is 0 Å². The maximum absolute atomic E-state index is 4.59. The van der Waals surface area contributed by atoms with E-state index in [0.717, 1.165) is 29.6 Å². The summed E-state index contributed by atoms with van der Waals surface area (Å²) < 4.78 is 1.12. The van der Waals surface area contributed by atoms with Gasteiger partial charge in [0.15, 0.2) is 0 Å². The number of hydrogen-bond donors (Lipinski definition) is 0. The molecule has 4 rings (SSSR count). The molecule has 0 saturated carbocycles. The normalized spacial score (nSPS) is 18.3. The van der Waals surface area contributed by atoms with Crippen molar-refractivity contribution in [2.45, 2.75) is 25.8 Å². The maximum atomic E-state index is 4.59. The van der Waals surface area contributed by atoms with Crippen molar-refractivity contribution in [3.8, 4) is 0 Å². The number of fused-ring (bicyclic) bond motifs is 1. The van der Waals surface area contributed by atoms with E-state index >= 15 is 0 Å². The minimum absolute atomic E-state index is 0.538. The fourth-order valence-electron chi connectivity index (χ4n) is 3.59. The molecule has 24 heavy (non-hydrogen) atoms. The molecule has 1 atom stereocenters. The van der Waals surface area contributed by atoms with Gasteiger partial charge in [-0.2, -0.15) is 0 Å². The maximum Gasteiger partial charge on any atom is 0.0747 e.